The number of carboxylic acids is 1. The topological polar surface area (TPSA) is 66.4 Å². The lowest BCUT2D eigenvalue weighted by atomic mass is 10.0. The highest BCUT2D eigenvalue weighted by molar-refractivity contribution is 5.87. The second-order valence-corrected chi connectivity index (χ2v) is 6.15. The lowest BCUT2D eigenvalue weighted by Crippen LogP contribution is -2.43. The third-order valence-corrected chi connectivity index (χ3v) is 4.16. The molecule has 0 fully saturated rings. The molecular formula is C21H18FNO3. The first-order valence-electron chi connectivity index (χ1n) is 8.25. The fraction of sp³-hybridized carbons (Fsp3) is 0.143. The number of hydrogen-bond acceptors (Lipinski definition) is 2. The van der Waals surface area contributed by atoms with Crippen LogP contribution in [-0.2, 0) is 22.4 Å². The second-order valence-electron chi connectivity index (χ2n) is 6.15. The van der Waals surface area contributed by atoms with Crippen LogP contribution < -0.4 is 5.32 Å². The van der Waals surface area contributed by atoms with Crippen molar-refractivity contribution in [2.75, 3.05) is 0 Å². The van der Waals surface area contributed by atoms with E-state index >= 15 is 0 Å². The molecule has 0 saturated carbocycles. The zero-order valence-electron chi connectivity index (χ0n) is 14.0. The maximum absolute atomic E-state index is 13.0. The van der Waals surface area contributed by atoms with Crippen LogP contribution in [0.15, 0.2) is 66.7 Å². The summed E-state index contributed by atoms with van der Waals surface area (Å²) in [7, 11) is 0. The average Bonchev–Trinajstić information content (AvgIpc) is 2.62. The Morgan fingerprint density at radius 2 is 1.58 bits per heavy atom. The Hall–Kier alpha value is -3.21. The van der Waals surface area contributed by atoms with Crippen LogP contribution in [0.1, 0.15) is 11.1 Å². The van der Waals surface area contributed by atoms with Gasteiger partial charge in [-0.2, -0.15) is 0 Å². The lowest BCUT2D eigenvalue weighted by Gasteiger charge is -2.15. The summed E-state index contributed by atoms with van der Waals surface area (Å²) < 4.78 is 13.0. The predicted molar refractivity (Wildman–Crippen MR) is 97.3 cm³/mol. The van der Waals surface area contributed by atoms with Gasteiger partial charge in [0.2, 0.25) is 5.91 Å². The number of halogens is 1. The van der Waals surface area contributed by atoms with E-state index in [-0.39, 0.29) is 24.6 Å². The Kier molecular flexibility index (Phi) is 5.27. The number of rotatable bonds is 6. The molecule has 1 amide bonds. The number of amides is 1. The van der Waals surface area contributed by atoms with Crippen LogP contribution in [0.5, 0.6) is 0 Å². The molecule has 132 valence electrons. The van der Waals surface area contributed by atoms with Gasteiger partial charge in [0.05, 0.1) is 6.42 Å². The van der Waals surface area contributed by atoms with Crippen molar-refractivity contribution in [3.05, 3.63) is 83.7 Å². The molecule has 0 aromatic heterocycles. The molecule has 0 radical (unpaired) electrons. The number of hydrogen-bond donors (Lipinski definition) is 2. The van der Waals surface area contributed by atoms with Crippen LogP contribution >= 0.6 is 0 Å². The first-order valence-corrected chi connectivity index (χ1v) is 8.25. The molecule has 2 N–H and O–H groups in total. The van der Waals surface area contributed by atoms with E-state index in [0.717, 1.165) is 16.3 Å². The number of fused-ring (bicyclic) bond motifs is 1. The van der Waals surface area contributed by atoms with Gasteiger partial charge in [0.15, 0.2) is 0 Å². The van der Waals surface area contributed by atoms with Crippen LogP contribution in [0.2, 0.25) is 0 Å². The SMILES string of the molecule is O=C(Cc1ccc2ccccc2c1)N[C@H](Cc1ccc(F)cc1)C(=O)O. The Bertz CT molecular complexity index is 937. The lowest BCUT2D eigenvalue weighted by molar-refractivity contribution is -0.141. The van der Waals surface area contributed by atoms with E-state index in [1.165, 1.54) is 24.3 Å². The first-order chi connectivity index (χ1) is 12.5. The Morgan fingerprint density at radius 1 is 0.923 bits per heavy atom. The van der Waals surface area contributed by atoms with Crippen LogP contribution in [0.25, 0.3) is 10.8 Å². The Morgan fingerprint density at radius 3 is 2.27 bits per heavy atom. The van der Waals surface area contributed by atoms with Gasteiger partial charge in [0.25, 0.3) is 0 Å². The zero-order valence-corrected chi connectivity index (χ0v) is 14.0. The van der Waals surface area contributed by atoms with E-state index in [0.29, 0.717) is 5.56 Å². The normalized spacial score (nSPS) is 11.9. The number of nitrogens with one attached hydrogen (secondary N) is 1. The Labute approximate surface area is 150 Å². The van der Waals surface area contributed by atoms with Crippen molar-refractivity contribution >= 4 is 22.6 Å². The van der Waals surface area contributed by atoms with Crippen LogP contribution in [0, 0.1) is 5.82 Å². The van der Waals surface area contributed by atoms with E-state index < -0.39 is 12.0 Å². The molecule has 4 nitrogen and oxygen atoms in total. The molecular weight excluding hydrogens is 333 g/mol. The van der Waals surface area contributed by atoms with Crippen molar-refractivity contribution in [1.29, 1.82) is 0 Å². The molecule has 0 aliphatic rings. The first kappa shape index (κ1) is 17.6. The second kappa shape index (κ2) is 7.78. The molecule has 3 aromatic carbocycles. The van der Waals surface area contributed by atoms with Crippen molar-refractivity contribution < 1.29 is 19.1 Å². The van der Waals surface area contributed by atoms with Crippen molar-refractivity contribution in [1.82, 2.24) is 5.32 Å². The fourth-order valence-electron chi connectivity index (χ4n) is 2.84. The van der Waals surface area contributed by atoms with Crippen molar-refractivity contribution in [2.45, 2.75) is 18.9 Å². The van der Waals surface area contributed by atoms with Crippen molar-refractivity contribution in [2.24, 2.45) is 0 Å². The van der Waals surface area contributed by atoms with E-state index in [1.807, 2.05) is 42.5 Å². The Balaban J connectivity index is 1.67. The molecule has 0 bridgehead atoms. The van der Waals surface area contributed by atoms with Gasteiger partial charge >= 0.3 is 5.97 Å². The summed E-state index contributed by atoms with van der Waals surface area (Å²) in [5, 5.41) is 14.0. The number of carbonyl (C=O) groups is 2. The van der Waals surface area contributed by atoms with Gasteiger partial charge in [-0.3, -0.25) is 4.79 Å². The van der Waals surface area contributed by atoms with Gasteiger partial charge in [0, 0.05) is 6.42 Å². The highest BCUT2D eigenvalue weighted by Gasteiger charge is 2.20. The molecule has 0 saturated heterocycles. The number of carboxylic acid groups (broad SMARTS) is 1. The van der Waals surface area contributed by atoms with Gasteiger partial charge in [-0.15, -0.1) is 0 Å². The van der Waals surface area contributed by atoms with Crippen molar-refractivity contribution in [3.63, 3.8) is 0 Å². The number of aliphatic carboxylic acids is 1. The largest absolute Gasteiger partial charge is 0.480 e. The van der Waals surface area contributed by atoms with E-state index in [2.05, 4.69) is 5.32 Å². The molecule has 0 aliphatic carbocycles. The molecule has 0 unspecified atom stereocenters. The maximum Gasteiger partial charge on any atom is 0.326 e. The van der Waals surface area contributed by atoms with Gasteiger partial charge in [0.1, 0.15) is 11.9 Å². The van der Waals surface area contributed by atoms with Crippen LogP contribution in [-0.4, -0.2) is 23.0 Å². The molecule has 3 rings (SSSR count). The molecule has 26 heavy (non-hydrogen) atoms. The van der Waals surface area contributed by atoms with Crippen LogP contribution in [0.3, 0.4) is 0 Å². The summed E-state index contributed by atoms with van der Waals surface area (Å²) in [6.45, 7) is 0. The van der Waals surface area contributed by atoms with Gasteiger partial charge < -0.3 is 10.4 Å². The smallest absolute Gasteiger partial charge is 0.326 e. The highest BCUT2D eigenvalue weighted by atomic mass is 19.1. The van der Waals surface area contributed by atoms with Crippen LogP contribution in [0.4, 0.5) is 4.39 Å². The van der Waals surface area contributed by atoms with Gasteiger partial charge in [-0.05, 0) is 34.0 Å². The number of carbonyl (C=O) groups excluding carboxylic acids is 1. The minimum atomic E-state index is -1.12. The summed E-state index contributed by atoms with van der Waals surface area (Å²) in [6, 6.07) is 18.0. The minimum Gasteiger partial charge on any atom is -0.480 e. The van der Waals surface area contributed by atoms with E-state index in [4.69, 9.17) is 0 Å². The summed E-state index contributed by atoms with van der Waals surface area (Å²) in [5.41, 5.74) is 1.46. The summed E-state index contributed by atoms with van der Waals surface area (Å²) in [4.78, 5) is 23.7. The van der Waals surface area contributed by atoms with Crippen molar-refractivity contribution in [3.8, 4) is 0 Å². The molecule has 3 aromatic rings. The minimum absolute atomic E-state index is 0.0953. The maximum atomic E-state index is 13.0. The molecule has 5 heteroatoms. The van der Waals surface area contributed by atoms with Gasteiger partial charge in [-0.25, -0.2) is 9.18 Å². The predicted octanol–water partition coefficient (Wildman–Crippen LogP) is 3.33. The summed E-state index contributed by atoms with van der Waals surface area (Å²) >= 11 is 0. The summed E-state index contributed by atoms with van der Waals surface area (Å²) in [5.74, 6) is -1.88. The standard InChI is InChI=1S/C21H18FNO3/c22-18-9-6-14(7-10-18)12-19(21(25)26)23-20(24)13-15-5-8-16-3-1-2-4-17(16)11-15/h1-11,19H,12-13H2,(H,23,24)(H,25,26)/t19-/m1/s1. The zero-order chi connectivity index (χ0) is 18.5. The molecule has 1 atom stereocenters. The summed E-state index contributed by atoms with van der Waals surface area (Å²) in [6.07, 6.45) is 0.192. The molecule has 0 spiro atoms. The highest BCUT2D eigenvalue weighted by Crippen LogP contribution is 2.16. The molecule has 0 aliphatic heterocycles. The average molecular weight is 351 g/mol. The van der Waals surface area contributed by atoms with E-state index in [9.17, 15) is 19.1 Å². The number of benzene rings is 3. The van der Waals surface area contributed by atoms with Gasteiger partial charge in [-0.1, -0.05) is 54.6 Å². The third kappa shape index (κ3) is 4.45. The quantitative estimate of drug-likeness (QED) is 0.716. The monoisotopic (exact) mass is 351 g/mol. The molecule has 0 heterocycles. The fourth-order valence-corrected chi connectivity index (χ4v) is 2.84. The van der Waals surface area contributed by atoms with E-state index in [1.54, 1.807) is 0 Å². The third-order valence-electron chi connectivity index (χ3n) is 4.16.